The monoisotopic (exact) mass is 566 g/mol. The SMILES string of the molecule is CC(C(N)=O)n1cc(C#CCN2C(=O)C(c3ccc(C(F)(F)F)cc3C(F)(F)F)CCc3cc(F)ccc32)cn1. The first-order valence-corrected chi connectivity index (χ1v) is 11.9. The number of rotatable bonds is 4. The van der Waals surface area contributed by atoms with E-state index in [1.54, 1.807) is 0 Å². The number of carbonyl (C=O) groups is 2. The van der Waals surface area contributed by atoms with Crippen LogP contribution in [0.25, 0.3) is 0 Å². The quantitative estimate of drug-likeness (QED) is 0.348. The molecule has 6 nitrogen and oxygen atoms in total. The van der Waals surface area contributed by atoms with Crippen molar-refractivity contribution in [1.82, 2.24) is 9.78 Å². The molecule has 0 radical (unpaired) electrons. The predicted molar refractivity (Wildman–Crippen MR) is 129 cm³/mol. The summed E-state index contributed by atoms with van der Waals surface area (Å²) in [5.74, 6) is 1.91. The predicted octanol–water partition coefficient (Wildman–Crippen LogP) is 5.22. The van der Waals surface area contributed by atoms with E-state index < -0.39 is 58.6 Å². The standard InChI is InChI=1S/C27H21F7N4O2/c1-15(24(35)39)38-14-16(13-36-38)3-2-10-37-23-9-6-19(28)11-17(23)4-7-21(25(37)40)20-8-5-18(26(29,30)31)12-22(20)27(32,33)34/h5-6,8-9,11-15,21H,4,7,10H2,1H3,(H2,35,39). The summed E-state index contributed by atoms with van der Waals surface area (Å²) in [6.45, 7) is 1.20. The van der Waals surface area contributed by atoms with Crippen LogP contribution in [0.15, 0.2) is 48.8 Å². The summed E-state index contributed by atoms with van der Waals surface area (Å²) in [6, 6.07) is 3.95. The molecule has 1 aliphatic heterocycles. The molecule has 1 aliphatic rings. The number of amides is 2. The van der Waals surface area contributed by atoms with E-state index in [2.05, 4.69) is 16.9 Å². The molecular formula is C27H21F7N4O2. The Morgan fingerprint density at radius 2 is 1.85 bits per heavy atom. The van der Waals surface area contributed by atoms with Crippen molar-refractivity contribution in [3.05, 3.63) is 82.4 Å². The van der Waals surface area contributed by atoms with E-state index in [4.69, 9.17) is 5.73 Å². The Hall–Kier alpha value is -4.34. The molecule has 3 aromatic rings. The number of anilines is 1. The van der Waals surface area contributed by atoms with Crippen molar-refractivity contribution in [3.63, 3.8) is 0 Å². The number of primary amides is 1. The average Bonchev–Trinajstić information content (AvgIpc) is 3.29. The van der Waals surface area contributed by atoms with E-state index in [1.165, 1.54) is 30.1 Å². The van der Waals surface area contributed by atoms with Crippen LogP contribution in [0.3, 0.4) is 0 Å². The lowest BCUT2D eigenvalue weighted by Gasteiger charge is -2.26. The highest BCUT2D eigenvalue weighted by atomic mass is 19.4. The van der Waals surface area contributed by atoms with Gasteiger partial charge < -0.3 is 5.73 Å². The van der Waals surface area contributed by atoms with Gasteiger partial charge in [-0.05, 0) is 61.2 Å². The zero-order valence-corrected chi connectivity index (χ0v) is 20.8. The van der Waals surface area contributed by atoms with Crippen LogP contribution in [0.4, 0.5) is 36.4 Å². The third kappa shape index (κ3) is 5.95. The molecule has 0 bridgehead atoms. The zero-order chi connectivity index (χ0) is 29.4. The molecule has 2 unspecified atom stereocenters. The Bertz CT molecular complexity index is 1520. The van der Waals surface area contributed by atoms with Gasteiger partial charge in [0.1, 0.15) is 11.9 Å². The van der Waals surface area contributed by atoms with Gasteiger partial charge in [-0.1, -0.05) is 17.9 Å². The minimum atomic E-state index is -5.17. The number of halogens is 7. The molecule has 0 spiro atoms. The molecule has 4 rings (SSSR count). The molecule has 210 valence electrons. The maximum absolute atomic E-state index is 14.0. The molecule has 2 N–H and O–H groups in total. The van der Waals surface area contributed by atoms with E-state index >= 15 is 0 Å². The highest BCUT2D eigenvalue weighted by Crippen LogP contribution is 2.42. The molecular weight excluding hydrogens is 545 g/mol. The van der Waals surface area contributed by atoms with Crippen molar-refractivity contribution in [1.29, 1.82) is 0 Å². The van der Waals surface area contributed by atoms with Crippen LogP contribution >= 0.6 is 0 Å². The Labute approximate surface area is 223 Å². The largest absolute Gasteiger partial charge is 0.416 e. The number of carbonyl (C=O) groups excluding carboxylic acids is 2. The van der Waals surface area contributed by atoms with Crippen molar-refractivity contribution in [3.8, 4) is 11.8 Å². The molecule has 0 aliphatic carbocycles. The van der Waals surface area contributed by atoms with Crippen molar-refractivity contribution in [2.45, 2.75) is 44.1 Å². The second kappa shape index (κ2) is 10.7. The minimum absolute atomic E-state index is 0.00477. The summed E-state index contributed by atoms with van der Waals surface area (Å²) in [5.41, 5.74) is 2.49. The number of aryl methyl sites for hydroxylation is 1. The highest BCUT2D eigenvalue weighted by Gasteiger charge is 2.42. The molecule has 0 fully saturated rings. The number of aromatic nitrogens is 2. The van der Waals surface area contributed by atoms with Gasteiger partial charge in [0.05, 0.1) is 35.3 Å². The number of nitrogens with two attached hydrogens (primary N) is 1. The Balaban J connectivity index is 1.73. The van der Waals surface area contributed by atoms with Crippen LogP contribution < -0.4 is 10.6 Å². The summed E-state index contributed by atoms with van der Waals surface area (Å²) in [5, 5.41) is 3.99. The number of fused-ring (bicyclic) bond motifs is 1. The lowest BCUT2D eigenvalue weighted by atomic mass is 9.88. The molecule has 2 heterocycles. The molecule has 2 atom stereocenters. The summed E-state index contributed by atoms with van der Waals surface area (Å²) in [4.78, 5) is 26.1. The second-order valence-electron chi connectivity index (χ2n) is 9.18. The topological polar surface area (TPSA) is 81.2 Å². The lowest BCUT2D eigenvalue weighted by molar-refractivity contribution is -0.143. The second-order valence-corrected chi connectivity index (χ2v) is 9.18. The fourth-order valence-corrected chi connectivity index (χ4v) is 4.45. The summed E-state index contributed by atoms with van der Waals surface area (Å²) in [7, 11) is 0. The highest BCUT2D eigenvalue weighted by molar-refractivity contribution is 6.00. The van der Waals surface area contributed by atoms with E-state index in [0.29, 0.717) is 23.3 Å². The van der Waals surface area contributed by atoms with Crippen molar-refractivity contribution < 1.29 is 40.3 Å². The van der Waals surface area contributed by atoms with Crippen molar-refractivity contribution >= 4 is 17.5 Å². The van der Waals surface area contributed by atoms with Gasteiger partial charge in [-0.25, -0.2) is 4.39 Å². The van der Waals surface area contributed by atoms with Gasteiger partial charge in [0.25, 0.3) is 0 Å². The van der Waals surface area contributed by atoms with Crippen LogP contribution in [0, 0.1) is 17.7 Å². The maximum Gasteiger partial charge on any atom is 0.416 e. The smallest absolute Gasteiger partial charge is 0.368 e. The van der Waals surface area contributed by atoms with E-state index in [9.17, 15) is 40.3 Å². The van der Waals surface area contributed by atoms with E-state index in [0.717, 1.165) is 17.0 Å². The van der Waals surface area contributed by atoms with Crippen LogP contribution in [0.5, 0.6) is 0 Å². The van der Waals surface area contributed by atoms with Crippen molar-refractivity contribution in [2.24, 2.45) is 5.73 Å². The van der Waals surface area contributed by atoms with Gasteiger partial charge >= 0.3 is 12.4 Å². The normalized spacial score (nSPS) is 16.6. The number of hydrogen-bond donors (Lipinski definition) is 1. The van der Waals surface area contributed by atoms with Crippen LogP contribution in [0.2, 0.25) is 0 Å². The minimum Gasteiger partial charge on any atom is -0.368 e. The summed E-state index contributed by atoms with van der Waals surface area (Å²) < 4.78 is 96.6. The molecule has 13 heteroatoms. The van der Waals surface area contributed by atoms with E-state index in [1.807, 2.05) is 0 Å². The van der Waals surface area contributed by atoms with Crippen LogP contribution in [0.1, 0.15) is 53.1 Å². The first-order chi connectivity index (χ1) is 18.7. The Morgan fingerprint density at radius 3 is 2.50 bits per heavy atom. The zero-order valence-electron chi connectivity index (χ0n) is 20.8. The number of benzene rings is 2. The molecule has 40 heavy (non-hydrogen) atoms. The summed E-state index contributed by atoms with van der Waals surface area (Å²) >= 11 is 0. The number of hydrogen-bond acceptors (Lipinski definition) is 3. The number of alkyl halides is 6. The Morgan fingerprint density at radius 1 is 1.12 bits per heavy atom. The first-order valence-electron chi connectivity index (χ1n) is 11.9. The van der Waals surface area contributed by atoms with Gasteiger partial charge in [-0.2, -0.15) is 31.4 Å². The summed E-state index contributed by atoms with van der Waals surface area (Å²) in [6.07, 6.45) is -7.62. The van der Waals surface area contributed by atoms with Crippen molar-refractivity contribution in [2.75, 3.05) is 11.4 Å². The molecule has 0 saturated carbocycles. The maximum atomic E-state index is 14.0. The average molecular weight is 566 g/mol. The third-order valence-corrected chi connectivity index (χ3v) is 6.54. The third-order valence-electron chi connectivity index (χ3n) is 6.54. The van der Waals surface area contributed by atoms with Crippen LogP contribution in [-0.4, -0.2) is 28.1 Å². The number of nitrogens with zero attached hydrogens (tertiary/aromatic N) is 3. The fraction of sp³-hybridized carbons (Fsp3) is 0.296. The molecule has 2 aromatic carbocycles. The lowest BCUT2D eigenvalue weighted by Crippen LogP contribution is -2.35. The van der Waals surface area contributed by atoms with Gasteiger partial charge in [-0.15, -0.1) is 0 Å². The van der Waals surface area contributed by atoms with Gasteiger partial charge in [0.2, 0.25) is 11.8 Å². The first kappa shape index (κ1) is 28.7. The van der Waals surface area contributed by atoms with Gasteiger partial charge in [0, 0.05) is 11.9 Å². The van der Waals surface area contributed by atoms with Gasteiger partial charge in [-0.3, -0.25) is 19.2 Å². The molecule has 2 amide bonds. The molecule has 0 saturated heterocycles. The van der Waals surface area contributed by atoms with Gasteiger partial charge in [0.15, 0.2) is 0 Å². The fourth-order valence-electron chi connectivity index (χ4n) is 4.45. The van der Waals surface area contributed by atoms with Crippen LogP contribution in [-0.2, 0) is 28.4 Å². The van der Waals surface area contributed by atoms with E-state index in [-0.39, 0.29) is 31.1 Å². The Kier molecular flexibility index (Phi) is 7.65. The molecule has 1 aromatic heterocycles.